The molecule has 0 radical (unpaired) electrons. The first-order chi connectivity index (χ1) is 11.7. The Balaban J connectivity index is 2.09. The van der Waals surface area contributed by atoms with Crippen molar-refractivity contribution in [3.8, 4) is 0 Å². The molecule has 0 unspecified atom stereocenters. The molecule has 1 heterocycles. The first-order valence-corrected chi connectivity index (χ1v) is 7.71. The molecule has 1 saturated heterocycles. The lowest BCUT2D eigenvalue weighted by molar-refractivity contribution is -0.134. The van der Waals surface area contributed by atoms with Crippen LogP contribution in [0.3, 0.4) is 0 Å². The molecule has 1 aliphatic rings. The number of hydrogen-bond acceptors (Lipinski definition) is 4. The zero-order valence-electron chi connectivity index (χ0n) is 13.8. The van der Waals surface area contributed by atoms with Crippen LogP contribution in [0, 0.1) is 5.82 Å². The Labute approximate surface area is 143 Å². The predicted octanol–water partition coefficient (Wildman–Crippen LogP) is 1.57. The van der Waals surface area contributed by atoms with Gasteiger partial charge in [-0.2, -0.15) is 0 Å². The number of aromatic carboxylic acids is 1. The van der Waals surface area contributed by atoms with E-state index < -0.39 is 41.7 Å². The highest BCUT2D eigenvalue weighted by molar-refractivity contribution is 6.10. The summed E-state index contributed by atoms with van der Waals surface area (Å²) >= 11 is 0. The Bertz CT molecular complexity index is 745. The highest BCUT2D eigenvalue weighted by atomic mass is 19.1. The van der Waals surface area contributed by atoms with Gasteiger partial charge >= 0.3 is 12.0 Å². The Morgan fingerprint density at radius 3 is 2.40 bits per heavy atom. The minimum Gasteiger partial charge on any atom is -0.478 e. The first-order valence-electron chi connectivity index (χ1n) is 7.71. The maximum absolute atomic E-state index is 13.8. The van der Waals surface area contributed by atoms with Gasteiger partial charge in [0.15, 0.2) is 0 Å². The number of rotatable bonds is 6. The van der Waals surface area contributed by atoms with Crippen LogP contribution in [0.2, 0.25) is 0 Å². The Hall–Kier alpha value is -2.97. The molecular formula is C16H18FN3O5. The van der Waals surface area contributed by atoms with Gasteiger partial charge in [-0.1, -0.05) is 13.8 Å². The summed E-state index contributed by atoms with van der Waals surface area (Å²) in [5.74, 6) is -3.50. The Morgan fingerprint density at radius 2 is 1.92 bits per heavy atom. The number of nitrogens with one attached hydrogen (secondary N) is 2. The summed E-state index contributed by atoms with van der Waals surface area (Å²) in [5, 5.41) is 13.6. The summed E-state index contributed by atoms with van der Waals surface area (Å²) in [6.45, 7) is 2.95. The molecule has 0 aromatic heterocycles. The standard InChI is InChI=1S/C16H18FN3O5/c1-3-16(4-2)14(24)20(15(25)19-16)8-12(21)18-11-6-5-9(13(22)23)7-10(11)17/h5-7H,3-4,8H2,1-2H3,(H,18,21)(H,19,25)(H,22,23). The van der Waals surface area contributed by atoms with Crippen molar-refractivity contribution in [1.29, 1.82) is 0 Å². The van der Waals surface area contributed by atoms with Gasteiger partial charge in [-0.25, -0.2) is 14.0 Å². The number of benzene rings is 1. The molecule has 9 heteroatoms. The molecule has 1 fully saturated rings. The number of amides is 4. The molecule has 3 N–H and O–H groups in total. The zero-order chi connectivity index (χ0) is 18.8. The number of nitrogens with zero attached hydrogens (tertiary/aromatic N) is 1. The highest BCUT2D eigenvalue weighted by Gasteiger charge is 2.49. The molecule has 0 spiro atoms. The fourth-order valence-electron chi connectivity index (χ4n) is 2.63. The molecule has 2 rings (SSSR count). The van der Waals surface area contributed by atoms with E-state index in [0.717, 1.165) is 23.1 Å². The number of halogens is 1. The van der Waals surface area contributed by atoms with Crippen LogP contribution in [0.25, 0.3) is 0 Å². The molecule has 134 valence electrons. The average Bonchev–Trinajstić information content (AvgIpc) is 2.81. The van der Waals surface area contributed by atoms with Crippen LogP contribution in [0.4, 0.5) is 14.9 Å². The molecular weight excluding hydrogens is 333 g/mol. The van der Waals surface area contributed by atoms with Crippen LogP contribution in [-0.2, 0) is 9.59 Å². The Kier molecular flexibility index (Phi) is 5.05. The second-order valence-corrected chi connectivity index (χ2v) is 5.66. The van der Waals surface area contributed by atoms with Gasteiger partial charge in [-0.15, -0.1) is 0 Å². The fourth-order valence-corrected chi connectivity index (χ4v) is 2.63. The van der Waals surface area contributed by atoms with Crippen LogP contribution in [0.15, 0.2) is 18.2 Å². The smallest absolute Gasteiger partial charge is 0.335 e. The largest absolute Gasteiger partial charge is 0.478 e. The Morgan fingerprint density at radius 1 is 1.28 bits per heavy atom. The summed E-state index contributed by atoms with van der Waals surface area (Å²) in [5.41, 5.74) is -1.52. The number of carbonyl (C=O) groups excluding carboxylic acids is 3. The van der Waals surface area contributed by atoms with E-state index in [9.17, 15) is 23.6 Å². The predicted molar refractivity (Wildman–Crippen MR) is 85.5 cm³/mol. The quantitative estimate of drug-likeness (QED) is 0.673. The fraction of sp³-hybridized carbons (Fsp3) is 0.375. The van der Waals surface area contributed by atoms with Crippen molar-refractivity contribution >= 4 is 29.5 Å². The molecule has 1 aliphatic heterocycles. The lowest BCUT2D eigenvalue weighted by atomic mass is 9.93. The zero-order valence-corrected chi connectivity index (χ0v) is 13.8. The average molecular weight is 351 g/mol. The number of imide groups is 1. The summed E-state index contributed by atoms with van der Waals surface area (Å²) in [6.07, 6.45) is 0.773. The van der Waals surface area contributed by atoms with Crippen LogP contribution in [-0.4, -0.2) is 45.9 Å². The molecule has 1 aromatic rings. The van der Waals surface area contributed by atoms with Gasteiger partial charge in [0, 0.05) is 0 Å². The van der Waals surface area contributed by atoms with E-state index in [1.165, 1.54) is 0 Å². The van der Waals surface area contributed by atoms with Crippen molar-refractivity contribution in [1.82, 2.24) is 10.2 Å². The molecule has 0 aliphatic carbocycles. The summed E-state index contributed by atoms with van der Waals surface area (Å²) < 4.78 is 13.8. The normalized spacial score (nSPS) is 15.9. The van der Waals surface area contributed by atoms with Gasteiger partial charge in [0.05, 0.1) is 11.3 Å². The number of hydrogen-bond donors (Lipinski definition) is 3. The van der Waals surface area contributed by atoms with E-state index in [2.05, 4.69) is 10.6 Å². The van der Waals surface area contributed by atoms with E-state index in [1.54, 1.807) is 13.8 Å². The minimum absolute atomic E-state index is 0.237. The van der Waals surface area contributed by atoms with E-state index in [-0.39, 0.29) is 11.3 Å². The van der Waals surface area contributed by atoms with Crippen molar-refractivity contribution in [3.63, 3.8) is 0 Å². The SMILES string of the molecule is CCC1(CC)NC(=O)N(CC(=O)Nc2ccc(C(=O)O)cc2F)C1=O. The number of urea groups is 1. The molecule has 4 amide bonds. The van der Waals surface area contributed by atoms with Crippen molar-refractivity contribution < 1.29 is 28.7 Å². The summed E-state index contributed by atoms with van der Waals surface area (Å²) in [7, 11) is 0. The molecule has 0 saturated carbocycles. The van der Waals surface area contributed by atoms with E-state index >= 15 is 0 Å². The third-order valence-corrected chi connectivity index (χ3v) is 4.24. The van der Waals surface area contributed by atoms with E-state index in [1.807, 2.05) is 0 Å². The first kappa shape index (κ1) is 18.4. The third-order valence-electron chi connectivity index (χ3n) is 4.24. The van der Waals surface area contributed by atoms with Crippen molar-refractivity contribution in [3.05, 3.63) is 29.6 Å². The third kappa shape index (κ3) is 3.44. The number of carboxylic acids is 1. The lowest BCUT2D eigenvalue weighted by Crippen LogP contribution is -2.46. The lowest BCUT2D eigenvalue weighted by Gasteiger charge is -2.23. The summed E-state index contributed by atoms with van der Waals surface area (Å²) in [6, 6.07) is 2.33. The van der Waals surface area contributed by atoms with Gasteiger partial charge in [-0.3, -0.25) is 14.5 Å². The number of carbonyl (C=O) groups is 4. The van der Waals surface area contributed by atoms with Crippen LogP contribution in [0.5, 0.6) is 0 Å². The molecule has 0 bridgehead atoms. The van der Waals surface area contributed by atoms with Crippen LogP contribution < -0.4 is 10.6 Å². The molecule has 1 aromatic carbocycles. The maximum atomic E-state index is 13.8. The van der Waals surface area contributed by atoms with Gasteiger partial charge in [0.1, 0.15) is 17.9 Å². The number of carboxylic acid groups (broad SMARTS) is 1. The van der Waals surface area contributed by atoms with Crippen molar-refractivity contribution in [2.45, 2.75) is 32.2 Å². The topological polar surface area (TPSA) is 116 Å². The van der Waals surface area contributed by atoms with E-state index in [4.69, 9.17) is 5.11 Å². The number of anilines is 1. The van der Waals surface area contributed by atoms with Gasteiger partial charge in [0.25, 0.3) is 5.91 Å². The van der Waals surface area contributed by atoms with Crippen LogP contribution in [0.1, 0.15) is 37.0 Å². The monoisotopic (exact) mass is 351 g/mol. The van der Waals surface area contributed by atoms with Gasteiger partial charge < -0.3 is 15.7 Å². The maximum Gasteiger partial charge on any atom is 0.335 e. The molecule has 0 atom stereocenters. The van der Waals surface area contributed by atoms with Crippen LogP contribution >= 0.6 is 0 Å². The van der Waals surface area contributed by atoms with Crippen molar-refractivity contribution in [2.24, 2.45) is 0 Å². The molecule has 8 nitrogen and oxygen atoms in total. The summed E-state index contributed by atoms with van der Waals surface area (Å²) in [4.78, 5) is 48.0. The minimum atomic E-state index is -1.30. The second-order valence-electron chi connectivity index (χ2n) is 5.66. The van der Waals surface area contributed by atoms with Crippen molar-refractivity contribution in [2.75, 3.05) is 11.9 Å². The molecule has 25 heavy (non-hydrogen) atoms. The second kappa shape index (κ2) is 6.88. The van der Waals surface area contributed by atoms with Gasteiger partial charge in [-0.05, 0) is 31.0 Å². The van der Waals surface area contributed by atoms with Gasteiger partial charge in [0.2, 0.25) is 5.91 Å². The van der Waals surface area contributed by atoms with E-state index in [0.29, 0.717) is 12.8 Å². The highest BCUT2D eigenvalue weighted by Crippen LogP contribution is 2.25.